The van der Waals surface area contributed by atoms with Crippen molar-refractivity contribution >= 4 is 12.2 Å². The average molecular weight is 241 g/mol. The molecule has 16 heavy (non-hydrogen) atoms. The number of hydrogen-bond acceptors (Lipinski definition) is 2. The lowest BCUT2D eigenvalue weighted by atomic mass is 10.2. The van der Waals surface area contributed by atoms with Crippen LogP contribution in [-0.2, 0) is 6.54 Å². The number of rotatable bonds is 3. The molecule has 0 atom stereocenters. The van der Waals surface area contributed by atoms with E-state index in [1.165, 1.54) is 10.6 Å². The molecule has 1 heterocycles. The minimum atomic E-state index is -0.574. The number of benzene rings is 1. The minimum absolute atomic E-state index is 0.0685. The second-order valence-corrected chi connectivity index (χ2v) is 3.56. The molecule has 2 aromatic rings. The van der Waals surface area contributed by atoms with Gasteiger partial charge < -0.3 is 0 Å². The number of H-pyrrole nitrogens is 1. The van der Waals surface area contributed by atoms with Gasteiger partial charge in [-0.25, -0.2) is 8.78 Å². The lowest BCUT2D eigenvalue weighted by molar-refractivity contribution is 0.444. The normalized spacial score (nSPS) is 10.6. The fourth-order valence-electron chi connectivity index (χ4n) is 1.46. The summed E-state index contributed by atoms with van der Waals surface area (Å²) in [4.78, 5) is 0. The Morgan fingerprint density at radius 2 is 2.12 bits per heavy atom. The third-order valence-corrected chi connectivity index (χ3v) is 2.49. The van der Waals surface area contributed by atoms with E-state index >= 15 is 0 Å². The van der Waals surface area contributed by atoms with Gasteiger partial charge in [0, 0.05) is 0 Å². The lowest BCUT2D eigenvalue weighted by Gasteiger charge is -2.04. The van der Waals surface area contributed by atoms with Crippen LogP contribution in [0.1, 0.15) is 0 Å². The van der Waals surface area contributed by atoms with Crippen molar-refractivity contribution in [1.29, 1.82) is 0 Å². The topological polar surface area (TPSA) is 33.6 Å². The summed E-state index contributed by atoms with van der Waals surface area (Å²) in [7, 11) is 0. The zero-order chi connectivity index (χ0) is 11.5. The fraction of sp³-hybridized carbons (Fsp3) is 0.200. The van der Waals surface area contributed by atoms with E-state index in [1.54, 1.807) is 18.2 Å². The number of aromatic amines is 1. The van der Waals surface area contributed by atoms with E-state index in [1.807, 2.05) is 0 Å². The largest absolute Gasteiger partial charge is 0.297 e. The summed E-state index contributed by atoms with van der Waals surface area (Å²) in [5.41, 5.74) is 0.309. The van der Waals surface area contributed by atoms with E-state index in [2.05, 4.69) is 10.2 Å². The van der Waals surface area contributed by atoms with Gasteiger partial charge in [-0.15, -0.1) is 0 Å². The Balaban J connectivity index is 2.56. The first-order valence-corrected chi connectivity index (χ1v) is 5.11. The predicted molar refractivity (Wildman–Crippen MR) is 58.8 cm³/mol. The first-order chi connectivity index (χ1) is 7.74. The molecule has 1 N–H and O–H groups in total. The number of nitrogens with zero attached hydrogens (tertiary/aromatic N) is 2. The summed E-state index contributed by atoms with van der Waals surface area (Å²) in [6.45, 7) is -0.506. The molecule has 0 bridgehead atoms. The highest BCUT2D eigenvalue weighted by Crippen LogP contribution is 2.20. The van der Waals surface area contributed by atoms with Crippen LogP contribution >= 0.6 is 12.2 Å². The highest BCUT2D eigenvalue weighted by Gasteiger charge is 2.12. The SMILES string of the molecule is FCCn1c(-c2ccccc2F)n[nH]c1=S. The Morgan fingerprint density at radius 1 is 1.38 bits per heavy atom. The van der Waals surface area contributed by atoms with E-state index in [0.29, 0.717) is 11.4 Å². The summed E-state index contributed by atoms with van der Waals surface area (Å²) in [5.74, 6) is -0.0858. The van der Waals surface area contributed by atoms with Crippen LogP contribution in [-0.4, -0.2) is 21.4 Å². The van der Waals surface area contributed by atoms with Crippen molar-refractivity contribution < 1.29 is 8.78 Å². The number of halogens is 2. The van der Waals surface area contributed by atoms with Crippen molar-refractivity contribution in [3.63, 3.8) is 0 Å². The van der Waals surface area contributed by atoms with E-state index in [9.17, 15) is 8.78 Å². The van der Waals surface area contributed by atoms with E-state index in [4.69, 9.17) is 12.2 Å². The zero-order valence-electron chi connectivity index (χ0n) is 8.28. The average Bonchev–Trinajstić information content (AvgIpc) is 2.62. The number of nitrogens with one attached hydrogen (secondary N) is 1. The molecular formula is C10H9F2N3S. The van der Waals surface area contributed by atoms with Crippen molar-refractivity contribution in [2.24, 2.45) is 0 Å². The lowest BCUT2D eigenvalue weighted by Crippen LogP contribution is -2.03. The Labute approximate surface area is 95.7 Å². The quantitative estimate of drug-likeness (QED) is 0.838. The molecule has 0 fully saturated rings. The molecule has 3 nitrogen and oxygen atoms in total. The number of alkyl halides is 1. The summed E-state index contributed by atoms with van der Waals surface area (Å²) in [6, 6.07) is 6.18. The van der Waals surface area contributed by atoms with Gasteiger partial charge in [0.15, 0.2) is 10.6 Å². The molecule has 84 valence electrons. The van der Waals surface area contributed by atoms with Gasteiger partial charge in [0.25, 0.3) is 0 Å². The van der Waals surface area contributed by atoms with Crippen LogP contribution in [0.2, 0.25) is 0 Å². The number of aromatic nitrogens is 3. The maximum atomic E-state index is 13.5. The first-order valence-electron chi connectivity index (χ1n) is 4.70. The van der Waals surface area contributed by atoms with Crippen molar-refractivity contribution in [3.8, 4) is 11.4 Å². The van der Waals surface area contributed by atoms with Crippen LogP contribution in [0.5, 0.6) is 0 Å². The van der Waals surface area contributed by atoms with Crippen LogP contribution in [0, 0.1) is 10.6 Å². The van der Waals surface area contributed by atoms with Gasteiger partial charge in [-0.1, -0.05) is 12.1 Å². The molecule has 0 aliphatic rings. The molecule has 1 aromatic carbocycles. The van der Waals surface area contributed by atoms with Gasteiger partial charge in [0.05, 0.1) is 12.1 Å². The molecule has 0 saturated heterocycles. The van der Waals surface area contributed by atoms with Gasteiger partial charge in [0.1, 0.15) is 12.5 Å². The summed E-state index contributed by atoms with van der Waals surface area (Å²) in [6.07, 6.45) is 0. The van der Waals surface area contributed by atoms with Crippen LogP contribution < -0.4 is 0 Å². The second-order valence-electron chi connectivity index (χ2n) is 3.17. The Hall–Kier alpha value is -1.56. The third kappa shape index (κ3) is 1.88. The summed E-state index contributed by atoms with van der Waals surface area (Å²) >= 11 is 4.94. The van der Waals surface area contributed by atoms with Crippen LogP contribution in [0.4, 0.5) is 8.78 Å². The monoisotopic (exact) mass is 241 g/mol. The molecule has 0 saturated carbocycles. The van der Waals surface area contributed by atoms with Crippen molar-refractivity contribution in [3.05, 3.63) is 34.9 Å². The van der Waals surface area contributed by atoms with Crippen LogP contribution in [0.15, 0.2) is 24.3 Å². The Morgan fingerprint density at radius 3 is 2.81 bits per heavy atom. The minimum Gasteiger partial charge on any atom is -0.297 e. The second kappa shape index (κ2) is 4.52. The highest BCUT2D eigenvalue weighted by atomic mass is 32.1. The molecule has 6 heteroatoms. The summed E-state index contributed by atoms with van der Waals surface area (Å²) in [5, 5.41) is 6.43. The molecule has 0 radical (unpaired) electrons. The molecule has 0 aliphatic heterocycles. The van der Waals surface area contributed by atoms with Crippen molar-refractivity contribution in [2.75, 3.05) is 6.67 Å². The van der Waals surface area contributed by atoms with E-state index in [0.717, 1.165) is 0 Å². The molecule has 0 aliphatic carbocycles. The molecule has 0 unspecified atom stereocenters. The molecular weight excluding hydrogens is 232 g/mol. The molecule has 1 aromatic heterocycles. The smallest absolute Gasteiger partial charge is 0.195 e. The Bertz CT molecular complexity index is 547. The van der Waals surface area contributed by atoms with Crippen LogP contribution in [0.25, 0.3) is 11.4 Å². The number of hydrogen-bond donors (Lipinski definition) is 1. The van der Waals surface area contributed by atoms with Gasteiger partial charge in [0.2, 0.25) is 0 Å². The maximum absolute atomic E-state index is 13.5. The first kappa shape index (κ1) is 10.9. The maximum Gasteiger partial charge on any atom is 0.195 e. The van der Waals surface area contributed by atoms with Gasteiger partial charge in [-0.05, 0) is 24.4 Å². The van der Waals surface area contributed by atoms with E-state index < -0.39 is 12.5 Å². The molecule has 0 amide bonds. The van der Waals surface area contributed by atoms with Gasteiger partial charge in [-0.2, -0.15) is 5.10 Å². The van der Waals surface area contributed by atoms with E-state index in [-0.39, 0.29) is 11.3 Å². The summed E-state index contributed by atoms with van der Waals surface area (Å²) < 4.78 is 27.6. The Kier molecular flexibility index (Phi) is 3.09. The zero-order valence-corrected chi connectivity index (χ0v) is 9.10. The fourth-order valence-corrected chi connectivity index (χ4v) is 1.68. The van der Waals surface area contributed by atoms with Crippen LogP contribution in [0.3, 0.4) is 0 Å². The van der Waals surface area contributed by atoms with Gasteiger partial charge in [-0.3, -0.25) is 9.67 Å². The molecule has 2 rings (SSSR count). The van der Waals surface area contributed by atoms with Crippen molar-refractivity contribution in [1.82, 2.24) is 14.8 Å². The highest BCUT2D eigenvalue weighted by molar-refractivity contribution is 7.71. The van der Waals surface area contributed by atoms with Gasteiger partial charge >= 0.3 is 0 Å². The molecule has 0 spiro atoms. The van der Waals surface area contributed by atoms with Crippen molar-refractivity contribution in [2.45, 2.75) is 6.54 Å². The standard InChI is InChI=1S/C10H9F2N3S/c11-5-6-15-9(13-14-10(15)16)7-3-1-2-4-8(7)12/h1-4H,5-6H2,(H,14,16). The predicted octanol–water partition coefficient (Wildman–Crippen LogP) is 2.72. The third-order valence-electron chi connectivity index (χ3n) is 2.18.